The van der Waals surface area contributed by atoms with Crippen LogP contribution in [0.1, 0.15) is 0 Å². The summed E-state index contributed by atoms with van der Waals surface area (Å²) < 4.78 is 5.16. The highest BCUT2D eigenvalue weighted by molar-refractivity contribution is 6.32. The molecule has 1 aromatic heterocycles. The van der Waals surface area contributed by atoms with E-state index in [0.717, 1.165) is 0 Å². The molecule has 0 radical (unpaired) electrons. The van der Waals surface area contributed by atoms with E-state index in [4.69, 9.17) is 22.1 Å². The van der Waals surface area contributed by atoms with E-state index < -0.39 is 4.92 Å². The van der Waals surface area contributed by atoms with Crippen molar-refractivity contribution in [3.05, 3.63) is 15.3 Å². The summed E-state index contributed by atoms with van der Waals surface area (Å²) in [7, 11) is 0. The molecule has 1 saturated heterocycles. The van der Waals surface area contributed by atoms with Crippen molar-refractivity contribution in [2.24, 2.45) is 0 Å². The van der Waals surface area contributed by atoms with E-state index in [1.165, 1.54) is 0 Å². The third-order valence-corrected chi connectivity index (χ3v) is 2.60. The van der Waals surface area contributed by atoms with Crippen LogP contribution >= 0.6 is 11.6 Å². The monoisotopic (exact) mass is 259 g/mol. The van der Waals surface area contributed by atoms with Crippen LogP contribution < -0.4 is 10.6 Å². The van der Waals surface area contributed by atoms with Crippen molar-refractivity contribution in [3.63, 3.8) is 0 Å². The maximum Gasteiger partial charge on any atom is 0.348 e. The molecule has 0 spiro atoms. The van der Waals surface area contributed by atoms with Gasteiger partial charge in [-0.3, -0.25) is 10.1 Å². The third-order valence-electron chi connectivity index (χ3n) is 2.33. The molecular weight excluding hydrogens is 250 g/mol. The topological polar surface area (TPSA) is 107 Å². The Morgan fingerprint density at radius 3 is 2.65 bits per heavy atom. The molecule has 0 atom stereocenters. The molecule has 0 aromatic carbocycles. The van der Waals surface area contributed by atoms with Crippen molar-refractivity contribution in [1.29, 1.82) is 0 Å². The van der Waals surface area contributed by atoms with Gasteiger partial charge in [0, 0.05) is 13.1 Å². The van der Waals surface area contributed by atoms with Crippen LogP contribution in [0.15, 0.2) is 0 Å². The Bertz CT molecular complexity index is 449. The second kappa shape index (κ2) is 4.68. The number of nitrogens with two attached hydrogens (primary N) is 1. The van der Waals surface area contributed by atoms with Crippen molar-refractivity contribution in [2.45, 2.75) is 0 Å². The number of hydrogen-bond donors (Lipinski definition) is 1. The lowest BCUT2D eigenvalue weighted by molar-refractivity contribution is -0.384. The van der Waals surface area contributed by atoms with Gasteiger partial charge in [0.05, 0.1) is 18.1 Å². The third kappa shape index (κ3) is 2.37. The maximum absolute atomic E-state index is 10.9. The Morgan fingerprint density at radius 2 is 2.06 bits per heavy atom. The second-order valence-corrected chi connectivity index (χ2v) is 3.76. The first-order chi connectivity index (χ1) is 8.09. The zero-order valence-corrected chi connectivity index (χ0v) is 9.55. The Kier molecular flexibility index (Phi) is 3.25. The number of hydrogen-bond acceptors (Lipinski definition) is 7. The number of ether oxygens (including phenoxy) is 1. The standard InChI is InChI=1S/C8H10ClN5O3/c9-6-5(14(15)16)7(12-8(10)11-6)13-1-3-17-4-2-13/h1-4H2,(H2,10,11,12). The van der Waals surface area contributed by atoms with Gasteiger partial charge in [-0.15, -0.1) is 0 Å². The molecular formula is C8H10ClN5O3. The van der Waals surface area contributed by atoms with Crippen molar-refractivity contribution in [1.82, 2.24) is 9.97 Å². The maximum atomic E-state index is 10.9. The van der Waals surface area contributed by atoms with Crippen molar-refractivity contribution in [3.8, 4) is 0 Å². The van der Waals surface area contributed by atoms with Crippen LogP contribution in [-0.4, -0.2) is 41.2 Å². The predicted octanol–water partition coefficient (Wildman–Crippen LogP) is 0.457. The summed E-state index contributed by atoms with van der Waals surface area (Å²) in [6.07, 6.45) is 0. The highest BCUT2D eigenvalue weighted by atomic mass is 35.5. The zero-order valence-electron chi connectivity index (χ0n) is 8.80. The summed E-state index contributed by atoms with van der Waals surface area (Å²) in [5, 5.41) is 10.7. The minimum absolute atomic E-state index is 0.0814. The first-order valence-corrected chi connectivity index (χ1v) is 5.27. The summed E-state index contributed by atoms with van der Waals surface area (Å²) in [6, 6.07) is 0. The predicted molar refractivity (Wildman–Crippen MR) is 61.1 cm³/mol. The molecule has 2 rings (SSSR count). The number of nitro groups is 1. The van der Waals surface area contributed by atoms with Crippen LogP contribution in [0, 0.1) is 10.1 Å². The average Bonchev–Trinajstić information content (AvgIpc) is 2.28. The molecule has 0 saturated carbocycles. The number of halogens is 1. The normalized spacial score (nSPS) is 15.9. The molecule has 2 N–H and O–H groups in total. The number of rotatable bonds is 2. The summed E-state index contributed by atoms with van der Waals surface area (Å²) in [5.41, 5.74) is 5.13. The van der Waals surface area contributed by atoms with Crippen molar-refractivity contribution < 1.29 is 9.66 Å². The molecule has 0 unspecified atom stereocenters. The summed E-state index contributed by atoms with van der Waals surface area (Å²) in [4.78, 5) is 19.5. The molecule has 1 aromatic rings. The van der Waals surface area contributed by atoms with Gasteiger partial charge in [0.2, 0.25) is 16.9 Å². The zero-order chi connectivity index (χ0) is 12.4. The fourth-order valence-corrected chi connectivity index (χ4v) is 1.82. The molecule has 0 amide bonds. The van der Waals surface area contributed by atoms with Crippen LogP contribution in [0.2, 0.25) is 5.15 Å². The van der Waals surface area contributed by atoms with Gasteiger partial charge in [-0.1, -0.05) is 11.6 Å². The van der Waals surface area contributed by atoms with Gasteiger partial charge in [-0.25, -0.2) is 0 Å². The van der Waals surface area contributed by atoms with Gasteiger partial charge < -0.3 is 15.4 Å². The number of nitrogen functional groups attached to an aromatic ring is 1. The van der Waals surface area contributed by atoms with Crippen LogP contribution in [0.4, 0.5) is 17.5 Å². The summed E-state index contributed by atoms with van der Waals surface area (Å²) >= 11 is 5.72. The summed E-state index contributed by atoms with van der Waals surface area (Å²) in [6.45, 7) is 1.98. The lowest BCUT2D eigenvalue weighted by atomic mass is 10.3. The first-order valence-electron chi connectivity index (χ1n) is 4.89. The van der Waals surface area contributed by atoms with E-state index in [1.54, 1.807) is 4.90 Å². The molecule has 2 heterocycles. The van der Waals surface area contributed by atoms with Gasteiger partial charge in [0.25, 0.3) is 0 Å². The minimum Gasteiger partial charge on any atom is -0.378 e. The SMILES string of the molecule is Nc1nc(Cl)c([N+](=O)[O-])c(N2CCOCC2)n1. The van der Waals surface area contributed by atoms with Crippen LogP contribution in [-0.2, 0) is 4.74 Å². The molecule has 8 nitrogen and oxygen atoms in total. The van der Waals surface area contributed by atoms with E-state index in [9.17, 15) is 10.1 Å². The molecule has 0 bridgehead atoms. The first kappa shape index (κ1) is 11.8. The van der Waals surface area contributed by atoms with Crippen LogP contribution in [0.25, 0.3) is 0 Å². The summed E-state index contributed by atoms with van der Waals surface area (Å²) in [5.74, 6) is 0.0675. The molecule has 92 valence electrons. The number of aromatic nitrogens is 2. The molecule has 17 heavy (non-hydrogen) atoms. The van der Waals surface area contributed by atoms with Crippen molar-refractivity contribution >= 4 is 29.1 Å². The molecule has 1 aliphatic rings. The van der Waals surface area contributed by atoms with Gasteiger partial charge in [-0.05, 0) is 0 Å². The van der Waals surface area contributed by atoms with E-state index in [0.29, 0.717) is 26.3 Å². The largest absolute Gasteiger partial charge is 0.378 e. The van der Waals surface area contributed by atoms with E-state index in [1.807, 2.05) is 0 Å². The van der Waals surface area contributed by atoms with E-state index >= 15 is 0 Å². The fourth-order valence-electron chi connectivity index (χ4n) is 1.58. The van der Waals surface area contributed by atoms with Gasteiger partial charge in [0.1, 0.15) is 0 Å². The lowest BCUT2D eigenvalue weighted by Crippen LogP contribution is -2.37. The highest BCUT2D eigenvalue weighted by Crippen LogP contribution is 2.33. The van der Waals surface area contributed by atoms with E-state index in [2.05, 4.69) is 9.97 Å². The second-order valence-electron chi connectivity index (χ2n) is 3.40. The Hall–Kier alpha value is -1.67. The molecule has 9 heteroatoms. The molecule has 0 aliphatic carbocycles. The fraction of sp³-hybridized carbons (Fsp3) is 0.500. The number of nitrogens with zero attached hydrogens (tertiary/aromatic N) is 4. The van der Waals surface area contributed by atoms with Gasteiger partial charge in [0.15, 0.2) is 0 Å². The average molecular weight is 260 g/mol. The molecule has 1 aliphatic heterocycles. The minimum atomic E-state index is -0.605. The van der Waals surface area contributed by atoms with Crippen LogP contribution in [0.5, 0.6) is 0 Å². The van der Waals surface area contributed by atoms with Gasteiger partial charge >= 0.3 is 5.69 Å². The van der Waals surface area contributed by atoms with Gasteiger partial charge in [-0.2, -0.15) is 9.97 Å². The van der Waals surface area contributed by atoms with E-state index in [-0.39, 0.29) is 22.6 Å². The Labute approximate surface area is 101 Å². The van der Waals surface area contributed by atoms with Crippen molar-refractivity contribution in [2.75, 3.05) is 36.9 Å². The highest BCUT2D eigenvalue weighted by Gasteiger charge is 2.28. The Morgan fingerprint density at radius 1 is 1.41 bits per heavy atom. The smallest absolute Gasteiger partial charge is 0.348 e. The number of morpholine rings is 1. The lowest BCUT2D eigenvalue weighted by Gasteiger charge is -2.27. The number of anilines is 2. The van der Waals surface area contributed by atoms with Crippen LogP contribution in [0.3, 0.4) is 0 Å². The molecule has 1 fully saturated rings. The quantitative estimate of drug-likeness (QED) is 0.467. The Balaban J connectivity index is 2.46.